The lowest BCUT2D eigenvalue weighted by Crippen LogP contribution is -2.28. The van der Waals surface area contributed by atoms with Gasteiger partial charge in [0.15, 0.2) is 0 Å². The molecule has 0 fully saturated rings. The third kappa shape index (κ3) is 6.02. The average molecular weight is 484 g/mol. The lowest BCUT2D eigenvalue weighted by atomic mass is 10.0. The van der Waals surface area contributed by atoms with Gasteiger partial charge in [-0.25, -0.2) is 14.2 Å². The highest BCUT2D eigenvalue weighted by Crippen LogP contribution is 2.30. The van der Waals surface area contributed by atoms with Crippen molar-refractivity contribution >= 4 is 22.7 Å². The molecule has 0 spiro atoms. The summed E-state index contributed by atoms with van der Waals surface area (Å²) >= 11 is 0. The van der Waals surface area contributed by atoms with E-state index in [0.29, 0.717) is 5.88 Å². The van der Waals surface area contributed by atoms with Crippen LogP contribution >= 0.6 is 0 Å². The van der Waals surface area contributed by atoms with Crippen molar-refractivity contribution in [1.29, 1.82) is 0 Å². The molecule has 4 rings (SSSR count). The summed E-state index contributed by atoms with van der Waals surface area (Å²) in [5.74, 6) is 1.97. The Labute approximate surface area is 203 Å². The number of anilines is 2. The minimum Gasteiger partial charge on any atom is -0.496 e. The van der Waals surface area contributed by atoms with Crippen LogP contribution in [0, 0.1) is 20.8 Å². The first-order chi connectivity index (χ1) is 16.4. The quantitative estimate of drug-likeness (QED) is 0.436. The van der Waals surface area contributed by atoms with Crippen molar-refractivity contribution < 1.29 is 13.5 Å². The zero-order valence-electron chi connectivity index (χ0n) is 20.6. The normalized spacial score (nSPS) is 17.9. The van der Waals surface area contributed by atoms with Gasteiger partial charge >= 0.3 is 0 Å². The Morgan fingerprint density at radius 2 is 1.88 bits per heavy atom. The summed E-state index contributed by atoms with van der Waals surface area (Å²) in [4.78, 5) is 8.80. The Hall–Kier alpha value is -3.20. The number of ether oxygens (including phenoxy) is 1. The highest BCUT2D eigenvalue weighted by atomic mass is 32.2. The molecule has 2 aromatic heterocycles. The molecule has 2 heterocycles. The Balaban J connectivity index is 0.00000158. The summed E-state index contributed by atoms with van der Waals surface area (Å²) in [5, 5.41) is 7.23. The van der Waals surface area contributed by atoms with Crippen LogP contribution in [0.2, 0.25) is 0 Å². The second-order valence-electron chi connectivity index (χ2n) is 7.87. The van der Waals surface area contributed by atoms with E-state index in [1.165, 1.54) is 0 Å². The summed E-state index contributed by atoms with van der Waals surface area (Å²) in [7, 11) is 0.366. The van der Waals surface area contributed by atoms with Crippen molar-refractivity contribution in [1.82, 2.24) is 15.1 Å². The van der Waals surface area contributed by atoms with Crippen LogP contribution in [0.5, 0.6) is 5.75 Å². The van der Waals surface area contributed by atoms with E-state index in [0.717, 1.165) is 52.5 Å². The van der Waals surface area contributed by atoms with E-state index in [1.807, 2.05) is 65.0 Å². The van der Waals surface area contributed by atoms with Crippen molar-refractivity contribution in [3.8, 4) is 17.0 Å². The lowest BCUT2D eigenvalue weighted by Gasteiger charge is -2.23. The van der Waals surface area contributed by atoms with Gasteiger partial charge in [0, 0.05) is 23.2 Å². The third-order valence-corrected chi connectivity index (χ3v) is 6.91. The van der Waals surface area contributed by atoms with Gasteiger partial charge in [-0.15, -0.1) is 0 Å². The van der Waals surface area contributed by atoms with Gasteiger partial charge < -0.3 is 14.6 Å². The predicted octanol–water partition coefficient (Wildman–Crippen LogP) is 5.37. The summed E-state index contributed by atoms with van der Waals surface area (Å²) in [5.41, 5.74) is 4.52. The molecule has 1 aliphatic carbocycles. The Morgan fingerprint density at radius 3 is 2.53 bits per heavy atom. The standard InChI is InChI=1S/C23H27N5O3S.C2H6/c1-14-5-10-21(30-4)19(11-14)20-12-22(25-13-24-20)26-17-6-8-18(9-7-17)32(29)28-23-15(2)16(3)27-31-23;1-2/h5-6,8,10-13,17-18,28H,7,9H2,1-4H3,(H,24,25,26);1-2H3. The third-order valence-electron chi connectivity index (χ3n) is 5.58. The molecule has 0 saturated heterocycles. The summed E-state index contributed by atoms with van der Waals surface area (Å²) in [6, 6.07) is 8.02. The maximum Gasteiger partial charge on any atom is 0.239 e. The van der Waals surface area contributed by atoms with E-state index in [9.17, 15) is 4.21 Å². The number of methoxy groups -OCH3 is 1. The minimum absolute atomic E-state index is 0.0969. The van der Waals surface area contributed by atoms with Gasteiger partial charge in [-0.3, -0.25) is 4.72 Å². The van der Waals surface area contributed by atoms with Crippen molar-refractivity contribution in [3.63, 3.8) is 0 Å². The van der Waals surface area contributed by atoms with Crippen molar-refractivity contribution in [2.45, 2.75) is 58.8 Å². The largest absolute Gasteiger partial charge is 0.496 e. The molecule has 1 aromatic carbocycles. The van der Waals surface area contributed by atoms with Gasteiger partial charge in [-0.05, 0) is 45.7 Å². The molecule has 3 unspecified atom stereocenters. The van der Waals surface area contributed by atoms with Crippen molar-refractivity contribution in [2.75, 3.05) is 17.1 Å². The van der Waals surface area contributed by atoms with Crippen LogP contribution < -0.4 is 14.8 Å². The molecule has 1 aliphatic rings. The fraction of sp³-hybridized carbons (Fsp3) is 0.400. The van der Waals surface area contributed by atoms with E-state index in [4.69, 9.17) is 9.26 Å². The molecule has 9 heteroatoms. The fourth-order valence-electron chi connectivity index (χ4n) is 3.57. The molecule has 2 N–H and O–H groups in total. The number of aryl methyl sites for hydroxylation is 2. The number of nitrogens with one attached hydrogen (secondary N) is 2. The second kappa shape index (κ2) is 11.8. The molecule has 0 bridgehead atoms. The zero-order valence-corrected chi connectivity index (χ0v) is 21.4. The number of aromatic nitrogens is 3. The highest BCUT2D eigenvalue weighted by molar-refractivity contribution is 7.87. The number of nitrogens with zero attached hydrogens (tertiary/aromatic N) is 3. The first-order valence-electron chi connectivity index (χ1n) is 11.5. The molecule has 3 aromatic rings. The minimum atomic E-state index is -1.29. The molecule has 8 nitrogen and oxygen atoms in total. The second-order valence-corrected chi connectivity index (χ2v) is 9.27. The van der Waals surface area contributed by atoms with Crippen LogP contribution in [0.1, 0.15) is 43.5 Å². The molecule has 182 valence electrons. The topological polar surface area (TPSA) is 102 Å². The predicted molar refractivity (Wildman–Crippen MR) is 137 cm³/mol. The lowest BCUT2D eigenvalue weighted by molar-refractivity contribution is 0.416. The fourth-order valence-corrected chi connectivity index (χ4v) is 4.67. The smallest absolute Gasteiger partial charge is 0.239 e. The molecular weight excluding hydrogens is 450 g/mol. The molecule has 0 saturated carbocycles. The molecule has 34 heavy (non-hydrogen) atoms. The molecule has 0 radical (unpaired) electrons. The highest BCUT2D eigenvalue weighted by Gasteiger charge is 2.23. The van der Waals surface area contributed by atoms with Crippen LogP contribution in [0.3, 0.4) is 0 Å². The van der Waals surface area contributed by atoms with Gasteiger partial charge in [-0.2, -0.15) is 0 Å². The van der Waals surface area contributed by atoms with Crippen LogP contribution in [0.4, 0.5) is 11.7 Å². The van der Waals surface area contributed by atoms with E-state index in [2.05, 4.69) is 31.2 Å². The van der Waals surface area contributed by atoms with Gasteiger partial charge in [-0.1, -0.05) is 42.8 Å². The summed E-state index contributed by atoms with van der Waals surface area (Å²) < 4.78 is 26.3. The van der Waals surface area contributed by atoms with Crippen LogP contribution in [-0.4, -0.2) is 37.7 Å². The summed E-state index contributed by atoms with van der Waals surface area (Å²) in [6.07, 6.45) is 7.17. The van der Waals surface area contributed by atoms with E-state index >= 15 is 0 Å². The first kappa shape index (κ1) is 25.4. The van der Waals surface area contributed by atoms with Gasteiger partial charge in [0.05, 0.1) is 23.7 Å². The Kier molecular flexibility index (Phi) is 8.81. The maximum absolute atomic E-state index is 12.7. The number of benzene rings is 1. The Bertz CT molecular complexity index is 1160. The van der Waals surface area contributed by atoms with Gasteiger partial charge in [0.1, 0.15) is 28.9 Å². The van der Waals surface area contributed by atoms with E-state index < -0.39 is 11.0 Å². The Morgan fingerprint density at radius 1 is 1.09 bits per heavy atom. The molecule has 0 aliphatic heterocycles. The summed E-state index contributed by atoms with van der Waals surface area (Å²) in [6.45, 7) is 9.79. The first-order valence-corrected chi connectivity index (χ1v) is 12.7. The molecular formula is C25H33N5O3S. The van der Waals surface area contributed by atoms with E-state index in [-0.39, 0.29) is 11.3 Å². The van der Waals surface area contributed by atoms with Crippen LogP contribution in [0.25, 0.3) is 11.3 Å². The number of hydrogen-bond donors (Lipinski definition) is 2. The number of rotatable bonds is 7. The van der Waals surface area contributed by atoms with Crippen LogP contribution in [0.15, 0.2) is 47.3 Å². The monoisotopic (exact) mass is 483 g/mol. The number of hydrogen-bond acceptors (Lipinski definition) is 7. The van der Waals surface area contributed by atoms with Crippen molar-refractivity contribution in [2.24, 2.45) is 0 Å². The van der Waals surface area contributed by atoms with Crippen molar-refractivity contribution in [3.05, 3.63) is 59.6 Å². The molecule has 0 amide bonds. The molecule has 3 atom stereocenters. The van der Waals surface area contributed by atoms with Gasteiger partial charge in [0.25, 0.3) is 0 Å². The maximum atomic E-state index is 12.7. The van der Waals surface area contributed by atoms with Crippen LogP contribution in [-0.2, 0) is 11.0 Å². The zero-order chi connectivity index (χ0) is 24.7. The van der Waals surface area contributed by atoms with E-state index in [1.54, 1.807) is 13.4 Å². The average Bonchev–Trinajstić information content (AvgIpc) is 3.18. The van der Waals surface area contributed by atoms with Gasteiger partial charge in [0.2, 0.25) is 5.88 Å². The SMILES string of the molecule is CC.COc1ccc(C)cc1-c1cc(NC2C=CC(S(=O)Nc3onc(C)c3C)CC2)ncn1.